The average Bonchev–Trinajstić information content (AvgIpc) is 0.812. The number of aliphatic carboxylic acids is 3. The molecule has 15 atom stereocenters. The number of anilines is 1. The summed E-state index contributed by atoms with van der Waals surface area (Å²) in [5, 5.41) is 103. The molecule has 0 heterocycles. The Balaban J connectivity index is 0.00000101. The number of hydrogen-bond donors (Lipinski definition) is 29. The quantitative estimate of drug-likeness (QED) is 0.00825. The number of thiol groups is 1. The summed E-state index contributed by atoms with van der Waals surface area (Å²) < 4.78 is 30.1. The maximum atomic E-state index is 14.1. The molecule has 0 bridgehead atoms. The van der Waals surface area contributed by atoms with Crippen LogP contribution < -0.4 is 124 Å². The van der Waals surface area contributed by atoms with Crippen LogP contribution in [0.25, 0.3) is 0 Å². The van der Waals surface area contributed by atoms with E-state index < -0.39 is 240 Å². The molecule has 0 aliphatic rings. The fourth-order valence-corrected chi connectivity index (χ4v) is 14.9. The zero-order valence-corrected chi connectivity index (χ0v) is 85.7. The number of nitrogens with two attached hydrogens (primary N) is 6. The predicted octanol–water partition coefficient (Wildman–Crippen LogP) is -5.35. The van der Waals surface area contributed by atoms with Crippen LogP contribution in [0.2, 0.25) is 0 Å². The van der Waals surface area contributed by atoms with Gasteiger partial charge in [0.2, 0.25) is 98.6 Å². The van der Waals surface area contributed by atoms with Crippen LogP contribution in [0.5, 0.6) is 5.75 Å². The van der Waals surface area contributed by atoms with Crippen molar-refractivity contribution >= 4 is 158 Å². The number of amides is 15. The normalized spacial score (nSPS) is 14.3. The standard InChI is InChI=1S/C47H83N15O18S.C44H64N12O8S/c1-23(2)16-29(60-45(78)37(25(4)64)62-38(71)24(3)17-35(67)68)43(76)59-28(11-5-7-13-48)42(75)58-27(40(73)55-20-34(66)57-32(22-81)46(79)80)12-6-8-14-52-41(74)31(21-63)61-44(77)30(18-36(69)70)56-33(65)19-54-39(72)26(49)10-9-15-53-47(50)51;1-26(2)24-36(41(60)52-38(27(3)4)43(62)47-6)51-39(58)28(5)49-40(59)35(10-9-23-48-44(45)46)50-42(61)37(25-29-11-19-33(57)20-12-29)55-65(63,64)34-21-15-31(16-22-34)54-53-30-13-17-32(18-14-30)56(7)8/h23-32,37,63-64,81H,5-22,48-49H2,1-4H3,(H,52,74)(H,54,72)(H,55,73)(H,56,65)(H,57,66)(H,58,75)(H,59,76)(H,60,78)(H,61,77)(H,62,71)(H,67,68)(H,69,70)(H,79,80)(H4,50,51,53);11-22,26-28,35-38,55,57H,9-10,23-25H2,1-8H3,(H,47,62)(H,49,59)(H,50,61)(H,51,58)(H,52,60)(H4,45,46,48)/t24-,25?,26-,27-,28-,29-,30-,31-,32-,37-;28-,35-,36-,37-,38-/m00/s1. The topological polar surface area (TPSA) is 864 Å². The first-order valence-corrected chi connectivity index (χ1v) is 49.3. The van der Waals surface area contributed by atoms with Crippen LogP contribution in [-0.2, 0) is 103 Å². The number of likely N-dealkylation sites (N-methyl/N-ethyl adjacent to an activating group) is 1. The summed E-state index contributed by atoms with van der Waals surface area (Å²) in [5.41, 5.74) is 35.4. The molecule has 15 amide bonds. The van der Waals surface area contributed by atoms with E-state index in [1.165, 1.54) is 76.3 Å². The van der Waals surface area contributed by atoms with Crippen LogP contribution in [0.4, 0.5) is 17.1 Å². The first-order valence-electron chi connectivity index (χ1n) is 47.2. The summed E-state index contributed by atoms with van der Waals surface area (Å²) in [5.74, 6) is -19.4. The van der Waals surface area contributed by atoms with E-state index in [0.717, 1.165) is 5.69 Å². The molecule has 0 saturated heterocycles. The van der Waals surface area contributed by atoms with E-state index in [1.807, 2.05) is 45.0 Å². The molecule has 0 radical (unpaired) electrons. The van der Waals surface area contributed by atoms with Crippen molar-refractivity contribution in [2.24, 2.45) is 78.3 Å². The van der Waals surface area contributed by atoms with Gasteiger partial charge in [-0.2, -0.15) is 27.6 Å². The lowest BCUT2D eigenvalue weighted by atomic mass is 9.99. The van der Waals surface area contributed by atoms with Gasteiger partial charge in [0.05, 0.1) is 61.0 Å². The van der Waals surface area contributed by atoms with Crippen LogP contribution in [0, 0.1) is 23.7 Å². The average molecular weight is 2100 g/mol. The number of aliphatic hydroxyl groups is 2. The number of carbonyl (C=O) groups excluding carboxylic acids is 15. The van der Waals surface area contributed by atoms with Crippen molar-refractivity contribution in [2.45, 2.75) is 248 Å². The number of nitrogens with zero attached hydrogens (tertiary/aromatic N) is 5. The molecule has 0 saturated carbocycles. The van der Waals surface area contributed by atoms with Gasteiger partial charge in [0.15, 0.2) is 11.9 Å². The number of phenolic OH excluding ortho intramolecular Hbond substituents is 1. The van der Waals surface area contributed by atoms with Gasteiger partial charge in [-0.05, 0) is 188 Å². The van der Waals surface area contributed by atoms with E-state index in [2.05, 4.69) is 117 Å². The maximum absolute atomic E-state index is 14.1. The zero-order valence-electron chi connectivity index (χ0n) is 84.0. The minimum Gasteiger partial charge on any atom is -0.508 e. The summed E-state index contributed by atoms with van der Waals surface area (Å²) in [6.45, 7) is 12.3. The van der Waals surface area contributed by atoms with Gasteiger partial charge in [-0.15, -0.1) is 0 Å². The van der Waals surface area contributed by atoms with E-state index in [4.69, 9.17) is 39.5 Å². The number of phenols is 1. The summed E-state index contributed by atoms with van der Waals surface area (Å²) in [6.07, 6.45) is -2.01. The summed E-state index contributed by atoms with van der Waals surface area (Å²) in [7, 11) is 0.904. The van der Waals surface area contributed by atoms with Crippen molar-refractivity contribution in [3.05, 3.63) is 78.4 Å². The number of azo groups is 1. The maximum Gasteiger partial charge on any atom is 0.327 e. The number of aliphatic imine (C=N–C) groups is 2. The molecule has 0 fully saturated rings. The van der Waals surface area contributed by atoms with Gasteiger partial charge in [-0.25, -0.2) is 13.2 Å². The molecule has 3 aromatic carbocycles. The fourth-order valence-electron chi connectivity index (χ4n) is 13.5. The number of unbranched alkanes of at least 4 members (excludes halogenated alkanes) is 2. The predicted molar refractivity (Wildman–Crippen MR) is 540 cm³/mol. The Bertz CT molecular complexity index is 5010. The Labute approximate surface area is 852 Å². The molecular formula is C91H147N27O26S2. The Hall–Kier alpha value is -14.0. The van der Waals surface area contributed by atoms with E-state index in [-0.39, 0.29) is 143 Å². The highest BCUT2D eigenvalue weighted by atomic mass is 32.2. The molecule has 814 valence electrons. The van der Waals surface area contributed by atoms with Crippen LogP contribution in [0.15, 0.2) is 97.9 Å². The number of carboxylic acid groups (broad SMARTS) is 3. The zero-order chi connectivity index (χ0) is 110. The monoisotopic (exact) mass is 2100 g/mol. The molecule has 3 rings (SSSR count). The lowest BCUT2D eigenvalue weighted by molar-refractivity contribution is -0.142. The van der Waals surface area contributed by atoms with Gasteiger partial charge in [-0.1, -0.05) is 60.6 Å². The number of sulfonamides is 1. The van der Waals surface area contributed by atoms with Crippen molar-refractivity contribution in [3.63, 3.8) is 0 Å². The second-order valence-corrected chi connectivity index (χ2v) is 37.7. The molecule has 0 aliphatic carbocycles. The fraction of sp³-hybridized carbons (Fsp3) is 0.582. The van der Waals surface area contributed by atoms with Gasteiger partial charge in [0.25, 0.3) is 0 Å². The number of guanidine groups is 2. The minimum absolute atomic E-state index is 0.0242. The third-order valence-electron chi connectivity index (χ3n) is 21.5. The second-order valence-electron chi connectivity index (χ2n) is 35.6. The van der Waals surface area contributed by atoms with Crippen molar-refractivity contribution in [1.29, 1.82) is 0 Å². The highest BCUT2D eigenvalue weighted by Crippen LogP contribution is 2.25. The van der Waals surface area contributed by atoms with Gasteiger partial charge >= 0.3 is 17.9 Å². The molecular weight excluding hydrogens is 1950 g/mol. The number of aromatic hydroxyl groups is 1. The molecule has 55 heteroatoms. The minimum atomic E-state index is -4.38. The third kappa shape index (κ3) is 50.5. The Morgan fingerprint density at radius 2 is 0.877 bits per heavy atom. The van der Waals surface area contributed by atoms with Crippen LogP contribution >= 0.6 is 12.6 Å². The van der Waals surface area contributed by atoms with Crippen LogP contribution in [0.1, 0.15) is 158 Å². The van der Waals surface area contributed by atoms with Gasteiger partial charge in [-0.3, -0.25) is 91.5 Å². The lowest BCUT2D eigenvalue weighted by Gasteiger charge is -2.28. The smallest absolute Gasteiger partial charge is 0.327 e. The molecule has 3 aromatic rings. The lowest BCUT2D eigenvalue weighted by Crippen LogP contribution is -2.60. The largest absolute Gasteiger partial charge is 0.508 e. The number of nitrogens with one attached hydrogen (secondary N) is 16. The molecule has 34 N–H and O–H groups in total. The van der Waals surface area contributed by atoms with E-state index in [9.17, 15) is 120 Å². The van der Waals surface area contributed by atoms with E-state index >= 15 is 0 Å². The Morgan fingerprint density at radius 1 is 0.445 bits per heavy atom. The number of rotatable bonds is 66. The first-order chi connectivity index (χ1) is 68.6. The van der Waals surface area contributed by atoms with Gasteiger partial charge in [0, 0.05) is 58.1 Å². The molecule has 0 aliphatic heterocycles. The van der Waals surface area contributed by atoms with Crippen molar-refractivity contribution in [1.82, 2.24) is 84.5 Å². The molecule has 1 unspecified atom stereocenters. The first kappa shape index (κ1) is 128. The van der Waals surface area contributed by atoms with Gasteiger partial charge < -0.3 is 150 Å². The van der Waals surface area contributed by atoms with Gasteiger partial charge in [0.1, 0.15) is 78.3 Å². The highest BCUT2D eigenvalue weighted by Gasteiger charge is 2.38. The number of benzene rings is 3. The Morgan fingerprint density at radius 3 is 1.35 bits per heavy atom. The summed E-state index contributed by atoms with van der Waals surface area (Å²) >= 11 is 3.89. The SMILES string of the molecule is CC(C)C[C@H](NC(=O)[C@@H](NC(=O)[C@@H](C)CC(=O)O)C(C)O)C(=O)N[C@@H](CCCCN)C(=O)N[C@@H](CCCCNC(=O)[C@H](CO)NC(=O)[C@H](CC(=O)O)NC(=O)CNC(=O)[C@@H](N)CCCN=C(N)N)C(=O)NCC(=O)N[C@@H](CS)C(=O)O.CNC(=O)[C@@H](NC(=O)[C@H](CC(C)C)NC(=O)[C@H](C)NC(=O)[C@H](CCCN=C(N)N)NC(=O)[C@H](Cc1ccc(O)cc1)NS(=O)(=O)c1ccc(N=Nc2ccc(N(C)C)cc2)cc1)C(C)C. The molecule has 0 aromatic heterocycles. The van der Waals surface area contributed by atoms with Crippen molar-refractivity contribution < 1.29 is 125 Å². The second kappa shape index (κ2) is 66.8. The van der Waals surface area contributed by atoms with Crippen LogP contribution in [-0.4, -0.2) is 315 Å². The van der Waals surface area contributed by atoms with E-state index in [1.54, 1.807) is 39.8 Å². The number of carbonyl (C=O) groups is 18. The van der Waals surface area contributed by atoms with E-state index in [0.29, 0.717) is 29.8 Å². The van der Waals surface area contributed by atoms with Crippen LogP contribution in [0.3, 0.4) is 0 Å². The Kier molecular flexibility index (Phi) is 58.6. The number of aliphatic hydroxyl groups excluding tert-OH is 2. The summed E-state index contributed by atoms with van der Waals surface area (Å²) in [4.78, 5) is 243. The van der Waals surface area contributed by atoms with Crippen molar-refractivity contribution in [2.75, 3.05) is 77.7 Å². The summed E-state index contributed by atoms with van der Waals surface area (Å²) in [6, 6.07) is 0.924. The van der Waals surface area contributed by atoms with Crippen molar-refractivity contribution in [3.8, 4) is 5.75 Å². The molecule has 146 heavy (non-hydrogen) atoms. The molecule has 0 spiro atoms. The number of hydrogen-bond acceptors (Lipinski definition) is 31. The number of carboxylic acids is 3. The molecule has 53 nitrogen and oxygen atoms in total. The third-order valence-corrected chi connectivity index (χ3v) is 23.4. The highest BCUT2D eigenvalue weighted by molar-refractivity contribution is 7.89.